The largest absolute Gasteiger partial charge is 0.356 e. The molecule has 1 aromatic heterocycles. The van der Waals surface area contributed by atoms with Crippen LogP contribution in [-0.2, 0) is 17.6 Å². The average molecular weight is 432 g/mol. The lowest BCUT2D eigenvalue weighted by Crippen LogP contribution is -2.26. The molecule has 152 valence electrons. The molecule has 1 heterocycles. The van der Waals surface area contributed by atoms with Crippen molar-refractivity contribution < 1.29 is 9.32 Å². The zero-order valence-electron chi connectivity index (χ0n) is 16.3. The minimum absolute atomic E-state index is 0.0837. The zero-order chi connectivity index (χ0) is 20.6. The molecule has 7 heteroatoms. The Kier molecular flexibility index (Phi) is 7.67. The number of aromatic nitrogens is 2. The zero-order valence-corrected chi connectivity index (χ0v) is 17.8. The number of rotatable bonds is 9. The topological polar surface area (TPSA) is 68.0 Å². The van der Waals surface area contributed by atoms with Gasteiger partial charge in [-0.15, -0.1) is 0 Å². The number of unbranched alkanes of at least 4 members (excludes halogenated alkanes) is 2. The number of halogens is 2. The summed E-state index contributed by atoms with van der Waals surface area (Å²) in [5, 5.41) is 7.97. The molecule has 1 amide bonds. The Balaban J connectivity index is 1.34. The van der Waals surface area contributed by atoms with Crippen molar-refractivity contribution in [2.24, 2.45) is 0 Å². The fourth-order valence-electron chi connectivity index (χ4n) is 2.91. The van der Waals surface area contributed by atoms with Gasteiger partial charge in [-0.25, -0.2) is 0 Å². The van der Waals surface area contributed by atoms with Crippen LogP contribution in [0, 0.1) is 6.92 Å². The van der Waals surface area contributed by atoms with Crippen molar-refractivity contribution in [3.05, 3.63) is 69.5 Å². The Hall–Kier alpha value is -2.37. The van der Waals surface area contributed by atoms with E-state index < -0.39 is 0 Å². The molecular weight excluding hydrogens is 409 g/mol. The molecule has 0 spiro atoms. The molecule has 5 nitrogen and oxygen atoms in total. The number of benzene rings is 2. The number of amides is 1. The quantitative estimate of drug-likeness (QED) is 0.459. The Morgan fingerprint density at radius 2 is 1.76 bits per heavy atom. The predicted octanol–water partition coefficient (Wildman–Crippen LogP) is 5.42. The van der Waals surface area contributed by atoms with Gasteiger partial charge in [-0.05, 0) is 37.5 Å². The summed E-state index contributed by atoms with van der Waals surface area (Å²) in [4.78, 5) is 16.5. The van der Waals surface area contributed by atoms with Crippen molar-refractivity contribution >= 4 is 29.1 Å². The van der Waals surface area contributed by atoms with Crippen LogP contribution in [0.5, 0.6) is 0 Å². The molecule has 0 saturated heterocycles. The molecule has 0 saturated carbocycles. The summed E-state index contributed by atoms with van der Waals surface area (Å²) in [6.45, 7) is 2.65. The number of hydrogen-bond acceptors (Lipinski definition) is 4. The van der Waals surface area contributed by atoms with E-state index in [1.807, 2.05) is 31.2 Å². The van der Waals surface area contributed by atoms with Gasteiger partial charge in [-0.1, -0.05) is 70.7 Å². The van der Waals surface area contributed by atoms with E-state index in [1.54, 1.807) is 18.2 Å². The van der Waals surface area contributed by atoms with Gasteiger partial charge < -0.3 is 9.84 Å². The molecule has 0 aliphatic heterocycles. The minimum atomic E-state index is -0.0837. The van der Waals surface area contributed by atoms with E-state index in [1.165, 1.54) is 5.56 Å². The summed E-state index contributed by atoms with van der Waals surface area (Å²) in [6, 6.07) is 13.3. The Bertz CT molecular complexity index is 935. The first kappa shape index (κ1) is 21.3. The first-order valence-electron chi connectivity index (χ1n) is 9.62. The SMILES string of the molecule is Cc1ccc(-c2noc(CCCCCNC(=O)Cc3c(Cl)cccc3Cl)n2)cc1. The maximum absolute atomic E-state index is 12.1. The van der Waals surface area contributed by atoms with Crippen LogP contribution in [0.15, 0.2) is 47.0 Å². The van der Waals surface area contributed by atoms with Crippen LogP contribution in [0.1, 0.15) is 36.3 Å². The summed E-state index contributed by atoms with van der Waals surface area (Å²) < 4.78 is 5.33. The third kappa shape index (κ3) is 6.31. The number of carbonyl (C=O) groups is 1. The fraction of sp³-hybridized carbons (Fsp3) is 0.318. The summed E-state index contributed by atoms with van der Waals surface area (Å²) in [7, 11) is 0. The highest BCUT2D eigenvalue weighted by molar-refractivity contribution is 6.36. The van der Waals surface area contributed by atoms with E-state index in [2.05, 4.69) is 15.5 Å². The molecule has 0 unspecified atom stereocenters. The monoisotopic (exact) mass is 431 g/mol. The smallest absolute Gasteiger partial charge is 0.226 e. The Labute approximate surface area is 180 Å². The molecular formula is C22H23Cl2N3O2. The van der Waals surface area contributed by atoms with Gasteiger partial charge in [0.15, 0.2) is 0 Å². The van der Waals surface area contributed by atoms with Crippen LogP contribution < -0.4 is 5.32 Å². The standard InChI is InChI=1S/C22H23Cl2N3O2/c1-15-9-11-16(12-10-15)22-26-21(29-27-22)8-3-2-4-13-25-20(28)14-17-18(23)6-5-7-19(17)24/h5-7,9-12H,2-4,8,13-14H2,1H3,(H,25,28). The Morgan fingerprint density at radius 3 is 2.48 bits per heavy atom. The van der Waals surface area contributed by atoms with Crippen molar-refractivity contribution in [1.29, 1.82) is 0 Å². The second-order valence-electron chi connectivity index (χ2n) is 6.92. The lowest BCUT2D eigenvalue weighted by atomic mass is 10.1. The van der Waals surface area contributed by atoms with Crippen LogP contribution >= 0.6 is 23.2 Å². The van der Waals surface area contributed by atoms with Gasteiger partial charge in [0.1, 0.15) is 0 Å². The summed E-state index contributed by atoms with van der Waals surface area (Å²) >= 11 is 12.2. The van der Waals surface area contributed by atoms with E-state index in [-0.39, 0.29) is 12.3 Å². The van der Waals surface area contributed by atoms with E-state index >= 15 is 0 Å². The molecule has 0 fully saturated rings. The number of hydrogen-bond donors (Lipinski definition) is 1. The molecule has 29 heavy (non-hydrogen) atoms. The van der Waals surface area contributed by atoms with Crippen molar-refractivity contribution in [1.82, 2.24) is 15.5 Å². The molecule has 2 aromatic carbocycles. The third-order valence-corrected chi connectivity index (χ3v) is 5.27. The third-order valence-electron chi connectivity index (χ3n) is 4.57. The fourth-order valence-corrected chi connectivity index (χ4v) is 3.44. The van der Waals surface area contributed by atoms with Crippen molar-refractivity contribution in [3.8, 4) is 11.4 Å². The molecule has 3 aromatic rings. The number of aryl methyl sites for hydroxylation is 2. The second kappa shape index (κ2) is 10.4. The van der Waals surface area contributed by atoms with Crippen LogP contribution in [0.4, 0.5) is 0 Å². The summed E-state index contributed by atoms with van der Waals surface area (Å²) in [6.07, 6.45) is 3.66. The maximum atomic E-state index is 12.1. The van der Waals surface area contributed by atoms with Gasteiger partial charge >= 0.3 is 0 Å². The highest BCUT2D eigenvalue weighted by atomic mass is 35.5. The van der Waals surface area contributed by atoms with Gasteiger partial charge in [0.2, 0.25) is 17.6 Å². The number of carbonyl (C=O) groups excluding carboxylic acids is 1. The molecule has 0 aliphatic rings. The lowest BCUT2D eigenvalue weighted by Gasteiger charge is -2.08. The van der Waals surface area contributed by atoms with E-state index in [0.717, 1.165) is 31.2 Å². The highest BCUT2D eigenvalue weighted by Gasteiger charge is 2.11. The molecule has 0 aliphatic carbocycles. The van der Waals surface area contributed by atoms with E-state index in [0.29, 0.717) is 33.9 Å². The Morgan fingerprint density at radius 1 is 1.03 bits per heavy atom. The number of nitrogens with zero attached hydrogens (tertiary/aromatic N) is 2. The van der Waals surface area contributed by atoms with Gasteiger partial charge in [0.05, 0.1) is 6.42 Å². The average Bonchev–Trinajstić information content (AvgIpc) is 3.17. The summed E-state index contributed by atoms with van der Waals surface area (Å²) in [5.74, 6) is 1.17. The highest BCUT2D eigenvalue weighted by Crippen LogP contribution is 2.24. The number of nitrogens with one attached hydrogen (secondary N) is 1. The van der Waals surface area contributed by atoms with E-state index in [9.17, 15) is 4.79 Å². The molecule has 0 bridgehead atoms. The molecule has 0 radical (unpaired) electrons. The van der Waals surface area contributed by atoms with Gasteiger partial charge in [-0.2, -0.15) is 4.98 Å². The maximum Gasteiger partial charge on any atom is 0.226 e. The predicted molar refractivity (Wildman–Crippen MR) is 115 cm³/mol. The lowest BCUT2D eigenvalue weighted by molar-refractivity contribution is -0.120. The van der Waals surface area contributed by atoms with Crippen LogP contribution in [-0.4, -0.2) is 22.6 Å². The van der Waals surface area contributed by atoms with Gasteiger partial charge in [0.25, 0.3) is 0 Å². The van der Waals surface area contributed by atoms with Crippen molar-refractivity contribution in [2.75, 3.05) is 6.54 Å². The van der Waals surface area contributed by atoms with E-state index in [4.69, 9.17) is 27.7 Å². The summed E-state index contributed by atoms with van der Waals surface area (Å²) in [5.41, 5.74) is 2.81. The first-order chi connectivity index (χ1) is 14.0. The minimum Gasteiger partial charge on any atom is -0.356 e. The van der Waals surface area contributed by atoms with Crippen molar-refractivity contribution in [3.63, 3.8) is 0 Å². The van der Waals surface area contributed by atoms with Crippen LogP contribution in [0.3, 0.4) is 0 Å². The van der Waals surface area contributed by atoms with Gasteiger partial charge in [0, 0.05) is 28.6 Å². The first-order valence-corrected chi connectivity index (χ1v) is 10.4. The normalized spacial score (nSPS) is 10.9. The second-order valence-corrected chi connectivity index (χ2v) is 7.73. The van der Waals surface area contributed by atoms with Crippen LogP contribution in [0.2, 0.25) is 10.0 Å². The van der Waals surface area contributed by atoms with Gasteiger partial charge in [-0.3, -0.25) is 4.79 Å². The van der Waals surface area contributed by atoms with Crippen LogP contribution in [0.25, 0.3) is 11.4 Å². The molecule has 0 atom stereocenters. The molecule has 3 rings (SSSR count). The van der Waals surface area contributed by atoms with Crippen molar-refractivity contribution in [2.45, 2.75) is 39.0 Å². The molecule has 1 N–H and O–H groups in total.